The Labute approximate surface area is 242 Å². The second-order valence-corrected chi connectivity index (χ2v) is 10.9. The molecular weight excluding hydrogens is 551 g/mol. The van der Waals surface area contributed by atoms with E-state index in [0.717, 1.165) is 37.1 Å². The molecule has 42 heavy (non-hydrogen) atoms. The van der Waals surface area contributed by atoms with Gasteiger partial charge in [-0.2, -0.15) is 13.2 Å². The Morgan fingerprint density at radius 2 is 1.98 bits per heavy atom. The standard InChI is InChI=1S/C30H36F3N5O4/c1-41-19-29(40)13-6-5-9-24(29)38-20-36-26(27(38)21-7-3-2-4-8-21)28(39)37-15-14-34-18-23(37)12-16-42-25-11-10-22(17-35-25)30(31,32)33/h2-4,7-8,10-11,17,20,23-24,34,40H,5-6,9,12-16,18-19H2,1H3/t23-,24-,29-/m1/s1. The maximum absolute atomic E-state index is 14.1. The van der Waals surface area contributed by atoms with Gasteiger partial charge in [0.1, 0.15) is 5.60 Å². The second-order valence-electron chi connectivity index (χ2n) is 10.9. The molecule has 0 bridgehead atoms. The number of ether oxygens (including phenoxy) is 2. The molecule has 1 saturated carbocycles. The number of hydrogen-bond acceptors (Lipinski definition) is 7. The molecule has 0 spiro atoms. The predicted octanol–water partition coefficient (Wildman–Crippen LogP) is 4.34. The number of amides is 1. The van der Waals surface area contributed by atoms with Crippen molar-refractivity contribution in [3.63, 3.8) is 0 Å². The van der Waals surface area contributed by atoms with Crippen LogP contribution in [0.4, 0.5) is 13.2 Å². The molecule has 3 heterocycles. The number of carbonyl (C=O) groups excluding carboxylic acids is 1. The van der Waals surface area contributed by atoms with Crippen LogP contribution in [0, 0.1) is 0 Å². The number of aliphatic hydroxyl groups is 1. The molecule has 1 amide bonds. The number of pyridine rings is 1. The van der Waals surface area contributed by atoms with E-state index in [1.165, 1.54) is 6.07 Å². The molecule has 2 aliphatic rings. The van der Waals surface area contributed by atoms with Crippen LogP contribution in [-0.4, -0.2) is 82.0 Å². The summed E-state index contributed by atoms with van der Waals surface area (Å²) in [4.78, 5) is 24.3. The fourth-order valence-corrected chi connectivity index (χ4v) is 6.01. The van der Waals surface area contributed by atoms with E-state index in [-0.39, 0.29) is 37.1 Å². The normalized spacial score (nSPS) is 23.1. The lowest BCUT2D eigenvalue weighted by Gasteiger charge is -2.41. The highest BCUT2D eigenvalue weighted by atomic mass is 19.4. The highest BCUT2D eigenvalue weighted by molar-refractivity contribution is 5.98. The van der Waals surface area contributed by atoms with E-state index in [9.17, 15) is 23.1 Å². The Morgan fingerprint density at radius 3 is 2.69 bits per heavy atom. The van der Waals surface area contributed by atoms with Gasteiger partial charge >= 0.3 is 6.18 Å². The first-order chi connectivity index (χ1) is 20.2. The number of methoxy groups -OCH3 is 1. The van der Waals surface area contributed by atoms with Crippen LogP contribution in [-0.2, 0) is 10.9 Å². The maximum atomic E-state index is 14.1. The van der Waals surface area contributed by atoms with E-state index in [2.05, 4.69) is 15.3 Å². The van der Waals surface area contributed by atoms with Crippen LogP contribution < -0.4 is 10.1 Å². The fourth-order valence-electron chi connectivity index (χ4n) is 6.01. The van der Waals surface area contributed by atoms with Crippen LogP contribution in [0.3, 0.4) is 0 Å². The summed E-state index contributed by atoms with van der Waals surface area (Å²) in [5.41, 5.74) is -0.135. The van der Waals surface area contributed by atoms with Crippen molar-refractivity contribution in [1.82, 2.24) is 24.8 Å². The van der Waals surface area contributed by atoms with Crippen LogP contribution in [0.25, 0.3) is 11.3 Å². The number of nitrogens with zero attached hydrogens (tertiary/aromatic N) is 4. The van der Waals surface area contributed by atoms with Crippen molar-refractivity contribution in [2.45, 2.75) is 56.0 Å². The van der Waals surface area contributed by atoms with Gasteiger partial charge in [0.25, 0.3) is 5.91 Å². The molecule has 5 rings (SSSR count). The third-order valence-electron chi connectivity index (χ3n) is 8.11. The third kappa shape index (κ3) is 6.45. The van der Waals surface area contributed by atoms with Crippen LogP contribution in [0.5, 0.6) is 5.88 Å². The molecular formula is C30H36F3N5O4. The van der Waals surface area contributed by atoms with Gasteiger partial charge in [0, 0.05) is 57.0 Å². The Kier molecular flexibility index (Phi) is 9.14. The number of carbonyl (C=O) groups is 1. The van der Waals surface area contributed by atoms with Gasteiger partial charge in [-0.1, -0.05) is 43.2 Å². The van der Waals surface area contributed by atoms with E-state index >= 15 is 0 Å². The second kappa shape index (κ2) is 12.8. The summed E-state index contributed by atoms with van der Waals surface area (Å²) >= 11 is 0. The number of aromatic nitrogens is 3. The van der Waals surface area contributed by atoms with Crippen molar-refractivity contribution in [2.24, 2.45) is 0 Å². The fraction of sp³-hybridized carbons (Fsp3) is 0.500. The number of piperazine rings is 1. The molecule has 2 N–H and O–H groups in total. The first-order valence-electron chi connectivity index (χ1n) is 14.2. The first kappa shape index (κ1) is 30.0. The molecule has 226 valence electrons. The summed E-state index contributed by atoms with van der Waals surface area (Å²) in [6.45, 7) is 1.95. The van der Waals surface area contributed by atoms with E-state index < -0.39 is 17.3 Å². The van der Waals surface area contributed by atoms with Crippen LogP contribution in [0.15, 0.2) is 55.0 Å². The topological polar surface area (TPSA) is 102 Å². The molecule has 2 aromatic heterocycles. The summed E-state index contributed by atoms with van der Waals surface area (Å²) < 4.78 is 51.5. The molecule has 12 heteroatoms. The first-order valence-corrected chi connectivity index (χ1v) is 14.2. The Hall–Kier alpha value is -3.48. The average Bonchev–Trinajstić information content (AvgIpc) is 3.42. The summed E-state index contributed by atoms with van der Waals surface area (Å²) in [5, 5.41) is 14.9. The molecule has 1 aliphatic carbocycles. The minimum atomic E-state index is -4.47. The van der Waals surface area contributed by atoms with Gasteiger partial charge in [-0.3, -0.25) is 4.79 Å². The zero-order valence-electron chi connectivity index (χ0n) is 23.5. The van der Waals surface area contributed by atoms with E-state index in [1.54, 1.807) is 18.3 Å². The van der Waals surface area contributed by atoms with Gasteiger partial charge in [-0.05, 0) is 18.9 Å². The van der Waals surface area contributed by atoms with Crippen molar-refractivity contribution in [2.75, 3.05) is 40.0 Å². The lowest BCUT2D eigenvalue weighted by atomic mass is 9.80. The van der Waals surface area contributed by atoms with Crippen LogP contribution in [0.2, 0.25) is 0 Å². The number of hydrogen-bond donors (Lipinski definition) is 2. The summed E-state index contributed by atoms with van der Waals surface area (Å²) in [5.74, 6) is -0.136. The minimum absolute atomic E-state index is 0.0887. The molecule has 1 saturated heterocycles. The molecule has 9 nitrogen and oxygen atoms in total. The highest BCUT2D eigenvalue weighted by Crippen LogP contribution is 2.41. The number of halogens is 3. The number of rotatable bonds is 9. The van der Waals surface area contributed by atoms with Gasteiger partial charge in [0.2, 0.25) is 5.88 Å². The summed E-state index contributed by atoms with van der Waals surface area (Å²) in [7, 11) is 1.58. The Bertz CT molecular complexity index is 1330. The predicted molar refractivity (Wildman–Crippen MR) is 149 cm³/mol. The average molecular weight is 588 g/mol. The van der Waals surface area contributed by atoms with Gasteiger partial charge in [0.15, 0.2) is 5.69 Å². The van der Waals surface area contributed by atoms with Gasteiger partial charge in [0.05, 0.1) is 36.8 Å². The van der Waals surface area contributed by atoms with Crippen molar-refractivity contribution in [3.8, 4) is 17.1 Å². The molecule has 1 aromatic carbocycles. The van der Waals surface area contributed by atoms with Gasteiger partial charge in [-0.15, -0.1) is 0 Å². The van der Waals surface area contributed by atoms with E-state index in [0.29, 0.717) is 43.9 Å². The van der Waals surface area contributed by atoms with Crippen LogP contribution >= 0.6 is 0 Å². The third-order valence-corrected chi connectivity index (χ3v) is 8.11. The number of imidazole rings is 1. The smallest absolute Gasteiger partial charge is 0.417 e. The van der Waals surface area contributed by atoms with Crippen molar-refractivity contribution >= 4 is 5.91 Å². The van der Waals surface area contributed by atoms with Crippen molar-refractivity contribution in [1.29, 1.82) is 0 Å². The molecule has 2 fully saturated rings. The summed E-state index contributed by atoms with van der Waals surface area (Å²) in [6.07, 6.45) is 1.54. The quantitative estimate of drug-likeness (QED) is 0.384. The molecule has 3 atom stereocenters. The molecule has 3 aromatic rings. The monoisotopic (exact) mass is 587 g/mol. The van der Waals surface area contributed by atoms with Gasteiger partial charge in [-0.25, -0.2) is 9.97 Å². The van der Waals surface area contributed by atoms with Crippen molar-refractivity contribution < 1.29 is 32.5 Å². The Morgan fingerprint density at radius 1 is 1.17 bits per heavy atom. The lowest BCUT2D eigenvalue weighted by Crippen LogP contribution is -2.54. The Balaban J connectivity index is 1.37. The number of alkyl halides is 3. The zero-order chi connectivity index (χ0) is 29.7. The number of nitrogens with one attached hydrogen (secondary N) is 1. The van der Waals surface area contributed by atoms with E-state index in [4.69, 9.17) is 9.47 Å². The van der Waals surface area contributed by atoms with Crippen LogP contribution in [0.1, 0.15) is 54.2 Å². The number of benzene rings is 1. The largest absolute Gasteiger partial charge is 0.478 e. The maximum Gasteiger partial charge on any atom is 0.417 e. The molecule has 1 aliphatic heterocycles. The highest BCUT2D eigenvalue weighted by Gasteiger charge is 2.42. The van der Waals surface area contributed by atoms with E-state index in [1.807, 2.05) is 34.9 Å². The van der Waals surface area contributed by atoms with Crippen molar-refractivity contribution in [3.05, 3.63) is 66.2 Å². The van der Waals surface area contributed by atoms with Gasteiger partial charge < -0.3 is 29.4 Å². The minimum Gasteiger partial charge on any atom is -0.478 e. The lowest BCUT2D eigenvalue weighted by molar-refractivity contribution is -0.137. The molecule has 0 unspecified atom stereocenters. The zero-order valence-corrected chi connectivity index (χ0v) is 23.5. The summed E-state index contributed by atoms with van der Waals surface area (Å²) in [6, 6.07) is 11.2. The molecule has 0 radical (unpaired) electrons. The SMILES string of the molecule is COC[C@]1(O)CCCC[C@H]1n1cnc(C(=O)N2CCNC[C@H]2CCOc2ccc(C(F)(F)F)cn2)c1-c1ccccc1.